The molecule has 2 N–H and O–H groups in total. The molecular weight excluding hydrogens is 259 g/mol. The van der Waals surface area contributed by atoms with Crippen molar-refractivity contribution in [3.05, 3.63) is 28.2 Å². The van der Waals surface area contributed by atoms with Gasteiger partial charge in [0.1, 0.15) is 0 Å². The second-order valence-electron chi connectivity index (χ2n) is 4.36. The van der Waals surface area contributed by atoms with E-state index in [0.29, 0.717) is 28.2 Å². The van der Waals surface area contributed by atoms with Crippen LogP contribution in [0.5, 0.6) is 0 Å². The minimum absolute atomic E-state index is 0.00772. The fourth-order valence-electron chi connectivity index (χ4n) is 1.98. The van der Waals surface area contributed by atoms with E-state index >= 15 is 0 Å². The highest BCUT2D eigenvalue weighted by Crippen LogP contribution is 2.27. The summed E-state index contributed by atoms with van der Waals surface area (Å²) in [4.78, 5) is 12.0. The summed E-state index contributed by atoms with van der Waals surface area (Å²) in [5.41, 5.74) is 0.572. The molecule has 1 fully saturated rings. The molecule has 1 aliphatic heterocycles. The maximum absolute atomic E-state index is 12.0. The smallest absolute Gasteiger partial charge is 0.229 e. The number of carbonyl (C=O) groups excluding carboxylic acids is 1. The molecule has 0 radical (unpaired) electrons. The lowest BCUT2D eigenvalue weighted by molar-refractivity contribution is -0.120. The van der Waals surface area contributed by atoms with E-state index in [4.69, 9.17) is 23.2 Å². The van der Waals surface area contributed by atoms with Crippen molar-refractivity contribution in [3.63, 3.8) is 0 Å². The lowest BCUT2D eigenvalue weighted by atomic mass is 9.97. The van der Waals surface area contributed by atoms with E-state index in [1.54, 1.807) is 18.2 Å². The Morgan fingerprint density at radius 1 is 1.41 bits per heavy atom. The summed E-state index contributed by atoms with van der Waals surface area (Å²) in [5.74, 6) is 0.324. The van der Waals surface area contributed by atoms with Gasteiger partial charge < -0.3 is 10.6 Å². The van der Waals surface area contributed by atoms with Crippen LogP contribution in [0, 0.1) is 11.8 Å². The number of hydrogen-bond donors (Lipinski definition) is 2. The quantitative estimate of drug-likeness (QED) is 0.870. The molecule has 1 aromatic carbocycles. The monoisotopic (exact) mass is 272 g/mol. The van der Waals surface area contributed by atoms with Gasteiger partial charge in [-0.05, 0) is 30.7 Å². The number of carbonyl (C=O) groups is 1. The van der Waals surface area contributed by atoms with Gasteiger partial charge in [0.05, 0.1) is 16.6 Å². The molecule has 0 saturated carbocycles. The summed E-state index contributed by atoms with van der Waals surface area (Å²) < 4.78 is 0. The van der Waals surface area contributed by atoms with E-state index in [1.165, 1.54) is 0 Å². The fraction of sp³-hybridized carbons (Fsp3) is 0.417. The molecular formula is C12H14Cl2N2O. The maximum atomic E-state index is 12.0. The number of hydrogen-bond acceptors (Lipinski definition) is 2. The lowest BCUT2D eigenvalue weighted by Crippen LogP contribution is -2.27. The van der Waals surface area contributed by atoms with Crippen molar-refractivity contribution in [2.75, 3.05) is 18.4 Å². The zero-order valence-electron chi connectivity index (χ0n) is 9.47. The Morgan fingerprint density at radius 3 is 2.82 bits per heavy atom. The highest BCUT2D eigenvalue weighted by atomic mass is 35.5. The average Bonchev–Trinajstić information content (AvgIpc) is 2.70. The largest absolute Gasteiger partial charge is 0.324 e. The van der Waals surface area contributed by atoms with Crippen molar-refractivity contribution in [2.24, 2.45) is 11.8 Å². The van der Waals surface area contributed by atoms with Crippen molar-refractivity contribution in [1.29, 1.82) is 0 Å². The molecule has 1 aromatic rings. The van der Waals surface area contributed by atoms with Gasteiger partial charge in [-0.2, -0.15) is 0 Å². The third kappa shape index (κ3) is 2.92. The molecule has 92 valence electrons. The van der Waals surface area contributed by atoms with Crippen LogP contribution in [0.2, 0.25) is 10.0 Å². The predicted octanol–water partition coefficient (Wildman–Crippen LogP) is 2.79. The molecule has 1 heterocycles. The van der Waals surface area contributed by atoms with E-state index in [0.717, 1.165) is 6.54 Å². The van der Waals surface area contributed by atoms with Crippen LogP contribution >= 0.6 is 23.2 Å². The molecule has 1 saturated heterocycles. The molecule has 2 atom stereocenters. The second kappa shape index (κ2) is 5.25. The number of nitrogens with one attached hydrogen (secondary N) is 2. The summed E-state index contributed by atoms with van der Waals surface area (Å²) >= 11 is 11.9. The first-order chi connectivity index (χ1) is 8.08. The first kappa shape index (κ1) is 12.7. The topological polar surface area (TPSA) is 41.1 Å². The Labute approximate surface area is 110 Å². The zero-order valence-corrected chi connectivity index (χ0v) is 11.0. The van der Waals surface area contributed by atoms with Crippen LogP contribution in [0.25, 0.3) is 0 Å². The first-order valence-electron chi connectivity index (χ1n) is 5.54. The van der Waals surface area contributed by atoms with E-state index < -0.39 is 0 Å². The molecule has 1 aliphatic rings. The SMILES string of the molecule is CC1CNCC1C(=O)Nc1cc(Cl)ccc1Cl. The zero-order chi connectivity index (χ0) is 12.4. The summed E-state index contributed by atoms with van der Waals surface area (Å²) in [6, 6.07) is 5.03. The van der Waals surface area contributed by atoms with Crippen molar-refractivity contribution < 1.29 is 4.79 Å². The molecule has 5 heteroatoms. The lowest BCUT2D eigenvalue weighted by Gasteiger charge is -2.15. The Kier molecular flexibility index (Phi) is 3.92. The molecule has 1 amide bonds. The van der Waals surface area contributed by atoms with Crippen LogP contribution in [0.15, 0.2) is 18.2 Å². The Balaban J connectivity index is 2.10. The van der Waals surface area contributed by atoms with E-state index in [2.05, 4.69) is 17.6 Å². The molecule has 3 nitrogen and oxygen atoms in total. The molecule has 2 rings (SSSR count). The maximum Gasteiger partial charge on any atom is 0.229 e. The fourth-order valence-corrected chi connectivity index (χ4v) is 2.32. The third-order valence-corrected chi connectivity index (χ3v) is 3.61. The Bertz CT molecular complexity index is 437. The first-order valence-corrected chi connectivity index (χ1v) is 6.30. The van der Waals surface area contributed by atoms with Gasteiger partial charge in [-0.25, -0.2) is 0 Å². The Hall–Kier alpha value is -0.770. The van der Waals surface area contributed by atoms with Crippen LogP contribution in [-0.2, 0) is 4.79 Å². The van der Waals surface area contributed by atoms with Crippen LogP contribution in [0.1, 0.15) is 6.92 Å². The second-order valence-corrected chi connectivity index (χ2v) is 5.20. The van der Waals surface area contributed by atoms with Crippen LogP contribution in [-0.4, -0.2) is 19.0 Å². The molecule has 0 aromatic heterocycles. The van der Waals surface area contributed by atoms with Gasteiger partial charge in [0.25, 0.3) is 0 Å². The predicted molar refractivity (Wildman–Crippen MR) is 70.6 cm³/mol. The van der Waals surface area contributed by atoms with Gasteiger partial charge in [0.15, 0.2) is 0 Å². The van der Waals surface area contributed by atoms with Crippen molar-refractivity contribution in [2.45, 2.75) is 6.92 Å². The minimum Gasteiger partial charge on any atom is -0.324 e. The minimum atomic E-state index is -0.00921. The number of halogens is 2. The van der Waals surface area contributed by atoms with E-state index in [-0.39, 0.29) is 11.8 Å². The number of anilines is 1. The van der Waals surface area contributed by atoms with Gasteiger partial charge in [-0.15, -0.1) is 0 Å². The average molecular weight is 273 g/mol. The van der Waals surface area contributed by atoms with E-state index in [9.17, 15) is 4.79 Å². The van der Waals surface area contributed by atoms with Crippen LogP contribution in [0.4, 0.5) is 5.69 Å². The van der Waals surface area contributed by atoms with Crippen molar-refractivity contribution in [1.82, 2.24) is 5.32 Å². The highest BCUT2D eigenvalue weighted by Gasteiger charge is 2.29. The third-order valence-electron chi connectivity index (χ3n) is 3.04. The van der Waals surface area contributed by atoms with Crippen molar-refractivity contribution >= 4 is 34.8 Å². The summed E-state index contributed by atoms with van der Waals surface area (Å²) in [6.07, 6.45) is 0. The molecule has 0 aliphatic carbocycles. The molecule has 0 spiro atoms. The number of amides is 1. The standard InChI is InChI=1S/C12H14Cl2N2O/c1-7-5-15-6-9(7)12(17)16-11-4-8(13)2-3-10(11)14/h2-4,7,9,15H,5-6H2,1H3,(H,16,17). The van der Waals surface area contributed by atoms with Gasteiger partial charge in [-0.1, -0.05) is 30.1 Å². The molecule has 2 unspecified atom stereocenters. The van der Waals surface area contributed by atoms with Gasteiger partial charge in [0.2, 0.25) is 5.91 Å². The van der Waals surface area contributed by atoms with Gasteiger partial charge in [-0.3, -0.25) is 4.79 Å². The summed E-state index contributed by atoms with van der Waals surface area (Å²) in [6.45, 7) is 3.65. The summed E-state index contributed by atoms with van der Waals surface area (Å²) in [7, 11) is 0. The Morgan fingerprint density at radius 2 is 2.18 bits per heavy atom. The molecule has 17 heavy (non-hydrogen) atoms. The van der Waals surface area contributed by atoms with E-state index in [1.807, 2.05) is 0 Å². The summed E-state index contributed by atoms with van der Waals surface area (Å²) in [5, 5.41) is 7.08. The van der Waals surface area contributed by atoms with Crippen LogP contribution < -0.4 is 10.6 Å². The highest BCUT2D eigenvalue weighted by molar-refractivity contribution is 6.35. The van der Waals surface area contributed by atoms with Gasteiger partial charge >= 0.3 is 0 Å². The number of rotatable bonds is 2. The van der Waals surface area contributed by atoms with Crippen LogP contribution in [0.3, 0.4) is 0 Å². The normalized spacial score (nSPS) is 23.7. The number of benzene rings is 1. The molecule has 0 bridgehead atoms. The van der Waals surface area contributed by atoms with Crippen molar-refractivity contribution in [3.8, 4) is 0 Å². The van der Waals surface area contributed by atoms with Gasteiger partial charge in [0, 0.05) is 11.6 Å².